The summed E-state index contributed by atoms with van der Waals surface area (Å²) in [6, 6.07) is 20.8. The van der Waals surface area contributed by atoms with Gasteiger partial charge in [0.25, 0.3) is 0 Å². The molecule has 0 radical (unpaired) electrons. The molecule has 0 aliphatic heterocycles. The number of anilines is 1. The van der Waals surface area contributed by atoms with Gasteiger partial charge < -0.3 is 5.32 Å². The van der Waals surface area contributed by atoms with Gasteiger partial charge in [0.2, 0.25) is 0 Å². The molecular formula is C23H19N5. The van der Waals surface area contributed by atoms with Gasteiger partial charge >= 0.3 is 0 Å². The number of rotatable bonds is 5. The molecular weight excluding hydrogens is 346 g/mol. The maximum atomic E-state index is 4.58. The second-order valence-corrected chi connectivity index (χ2v) is 6.72. The molecule has 0 bridgehead atoms. The van der Waals surface area contributed by atoms with Gasteiger partial charge in [0.1, 0.15) is 5.82 Å². The molecule has 0 saturated heterocycles. The molecule has 0 unspecified atom stereocenters. The number of pyridine rings is 1. The van der Waals surface area contributed by atoms with Crippen LogP contribution in [-0.2, 0) is 6.42 Å². The Kier molecular flexibility index (Phi) is 4.18. The van der Waals surface area contributed by atoms with E-state index in [2.05, 4.69) is 68.9 Å². The Hall–Kier alpha value is -3.73. The number of nitrogens with zero attached hydrogens (tertiary/aromatic N) is 4. The van der Waals surface area contributed by atoms with Crippen LogP contribution in [0, 0.1) is 0 Å². The quantitative estimate of drug-likeness (QED) is 0.495. The van der Waals surface area contributed by atoms with Crippen molar-refractivity contribution in [2.75, 3.05) is 11.9 Å². The molecule has 5 nitrogen and oxygen atoms in total. The number of fused-ring (bicyclic) bond motifs is 2. The SMILES string of the molecule is c1cncc(CCNc2ccnc3c(-c4ccc5ccccc5c4)cnn23)c1. The molecule has 0 atom stereocenters. The first-order valence-corrected chi connectivity index (χ1v) is 9.33. The minimum atomic E-state index is 0.802. The number of hydrogen-bond donors (Lipinski definition) is 1. The highest BCUT2D eigenvalue weighted by Gasteiger charge is 2.11. The highest BCUT2D eigenvalue weighted by molar-refractivity contribution is 5.89. The summed E-state index contributed by atoms with van der Waals surface area (Å²) in [5.74, 6) is 0.931. The van der Waals surface area contributed by atoms with Crippen LogP contribution >= 0.6 is 0 Å². The molecule has 5 rings (SSSR count). The Morgan fingerprint density at radius 1 is 0.857 bits per heavy atom. The van der Waals surface area contributed by atoms with Crippen LogP contribution in [0.2, 0.25) is 0 Å². The maximum Gasteiger partial charge on any atom is 0.165 e. The third-order valence-corrected chi connectivity index (χ3v) is 4.90. The molecule has 0 fully saturated rings. The summed E-state index contributed by atoms with van der Waals surface area (Å²) < 4.78 is 1.87. The minimum Gasteiger partial charge on any atom is -0.370 e. The van der Waals surface area contributed by atoms with E-state index in [0.29, 0.717) is 0 Å². The molecule has 3 heterocycles. The third-order valence-electron chi connectivity index (χ3n) is 4.90. The predicted octanol–water partition coefficient (Wildman–Crippen LogP) is 4.60. The molecule has 28 heavy (non-hydrogen) atoms. The minimum absolute atomic E-state index is 0.802. The van der Waals surface area contributed by atoms with E-state index >= 15 is 0 Å². The summed E-state index contributed by atoms with van der Waals surface area (Å²) in [6.45, 7) is 0.802. The number of nitrogens with one attached hydrogen (secondary N) is 1. The van der Waals surface area contributed by atoms with Gasteiger partial charge in [-0.1, -0.05) is 42.5 Å². The average Bonchev–Trinajstić information content (AvgIpc) is 3.19. The topological polar surface area (TPSA) is 55.1 Å². The summed E-state index contributed by atoms with van der Waals surface area (Å²) in [5, 5.41) is 10.5. The van der Waals surface area contributed by atoms with Crippen molar-refractivity contribution in [1.82, 2.24) is 19.6 Å². The van der Waals surface area contributed by atoms with Crippen molar-refractivity contribution in [2.45, 2.75) is 6.42 Å². The van der Waals surface area contributed by atoms with Crippen LogP contribution in [0.25, 0.3) is 27.5 Å². The third kappa shape index (κ3) is 3.07. The number of benzene rings is 2. The molecule has 0 aliphatic carbocycles. The van der Waals surface area contributed by atoms with Crippen LogP contribution in [0.4, 0.5) is 5.82 Å². The zero-order valence-corrected chi connectivity index (χ0v) is 15.3. The van der Waals surface area contributed by atoms with E-state index < -0.39 is 0 Å². The first-order valence-electron chi connectivity index (χ1n) is 9.33. The Balaban J connectivity index is 1.44. The summed E-state index contributed by atoms with van der Waals surface area (Å²) in [7, 11) is 0. The van der Waals surface area contributed by atoms with Crippen molar-refractivity contribution in [3.63, 3.8) is 0 Å². The van der Waals surface area contributed by atoms with Crippen molar-refractivity contribution in [2.24, 2.45) is 0 Å². The van der Waals surface area contributed by atoms with Gasteiger partial charge in [0.15, 0.2) is 5.65 Å². The zero-order valence-electron chi connectivity index (χ0n) is 15.3. The number of aromatic nitrogens is 4. The number of hydrogen-bond acceptors (Lipinski definition) is 4. The molecule has 0 aliphatic rings. The lowest BCUT2D eigenvalue weighted by molar-refractivity contribution is 0.911. The van der Waals surface area contributed by atoms with Gasteiger partial charge in [0, 0.05) is 30.7 Å². The van der Waals surface area contributed by atoms with E-state index in [1.165, 1.54) is 16.3 Å². The fourth-order valence-electron chi connectivity index (χ4n) is 3.47. The Bertz CT molecular complexity index is 1240. The largest absolute Gasteiger partial charge is 0.370 e. The van der Waals surface area contributed by atoms with Crippen LogP contribution in [0.15, 0.2) is 85.5 Å². The van der Waals surface area contributed by atoms with Gasteiger partial charge in [0.05, 0.1) is 6.20 Å². The van der Waals surface area contributed by atoms with Crippen molar-refractivity contribution in [3.8, 4) is 11.1 Å². The van der Waals surface area contributed by atoms with E-state index in [1.807, 2.05) is 35.2 Å². The lowest BCUT2D eigenvalue weighted by atomic mass is 10.0. The van der Waals surface area contributed by atoms with Gasteiger partial charge in [-0.05, 0) is 46.5 Å². The first kappa shape index (κ1) is 16.4. The molecule has 0 amide bonds. The predicted molar refractivity (Wildman–Crippen MR) is 112 cm³/mol. The van der Waals surface area contributed by atoms with Gasteiger partial charge in [-0.2, -0.15) is 9.61 Å². The normalized spacial score (nSPS) is 11.1. The average molecular weight is 365 g/mol. The summed E-state index contributed by atoms with van der Waals surface area (Å²) in [6.07, 6.45) is 8.31. The fraction of sp³-hybridized carbons (Fsp3) is 0.0870. The second-order valence-electron chi connectivity index (χ2n) is 6.72. The Morgan fingerprint density at radius 2 is 1.79 bits per heavy atom. The maximum absolute atomic E-state index is 4.58. The van der Waals surface area contributed by atoms with E-state index in [4.69, 9.17) is 0 Å². The Morgan fingerprint density at radius 3 is 2.68 bits per heavy atom. The highest BCUT2D eigenvalue weighted by atomic mass is 15.3. The monoisotopic (exact) mass is 365 g/mol. The Labute approximate surface area is 162 Å². The summed E-state index contributed by atoms with van der Waals surface area (Å²) >= 11 is 0. The van der Waals surface area contributed by atoms with Crippen LogP contribution in [0.5, 0.6) is 0 Å². The van der Waals surface area contributed by atoms with Gasteiger partial charge in [-0.25, -0.2) is 4.98 Å². The molecule has 0 saturated carbocycles. The first-order chi connectivity index (χ1) is 13.9. The van der Waals surface area contributed by atoms with Crippen LogP contribution in [0.1, 0.15) is 5.56 Å². The molecule has 5 aromatic rings. The van der Waals surface area contributed by atoms with E-state index in [0.717, 1.165) is 35.6 Å². The van der Waals surface area contributed by atoms with Crippen LogP contribution in [-0.4, -0.2) is 26.1 Å². The van der Waals surface area contributed by atoms with Crippen molar-refractivity contribution in [3.05, 3.63) is 91.0 Å². The smallest absolute Gasteiger partial charge is 0.165 e. The van der Waals surface area contributed by atoms with Crippen molar-refractivity contribution in [1.29, 1.82) is 0 Å². The fourth-order valence-corrected chi connectivity index (χ4v) is 3.47. The molecule has 136 valence electrons. The van der Waals surface area contributed by atoms with Crippen LogP contribution < -0.4 is 5.32 Å². The van der Waals surface area contributed by atoms with E-state index in [9.17, 15) is 0 Å². The lowest BCUT2D eigenvalue weighted by Crippen LogP contribution is -2.09. The van der Waals surface area contributed by atoms with E-state index in [1.54, 1.807) is 6.20 Å². The molecule has 3 aromatic heterocycles. The van der Waals surface area contributed by atoms with Gasteiger partial charge in [-0.15, -0.1) is 0 Å². The zero-order chi connectivity index (χ0) is 18.8. The molecule has 2 aromatic carbocycles. The van der Waals surface area contributed by atoms with Crippen molar-refractivity contribution >= 4 is 22.2 Å². The molecule has 0 spiro atoms. The second kappa shape index (κ2) is 7.12. The van der Waals surface area contributed by atoms with Crippen LogP contribution in [0.3, 0.4) is 0 Å². The highest BCUT2D eigenvalue weighted by Crippen LogP contribution is 2.28. The molecule has 5 heteroatoms. The summed E-state index contributed by atoms with van der Waals surface area (Å²) in [5.41, 5.74) is 4.20. The van der Waals surface area contributed by atoms with E-state index in [-0.39, 0.29) is 0 Å². The van der Waals surface area contributed by atoms with Crippen molar-refractivity contribution < 1.29 is 0 Å². The van der Waals surface area contributed by atoms with Gasteiger partial charge in [-0.3, -0.25) is 4.98 Å². The lowest BCUT2D eigenvalue weighted by Gasteiger charge is -2.08. The summed E-state index contributed by atoms with van der Waals surface area (Å²) in [4.78, 5) is 8.74. The standard InChI is InChI=1S/C23H19N5/c1-2-6-19-14-20(8-7-18(19)5-1)21-16-27-28-22(10-13-26-23(21)28)25-12-9-17-4-3-11-24-15-17/h1-8,10-11,13-16,25H,9,12H2. The molecule has 1 N–H and O–H groups in total.